The monoisotopic (exact) mass is 324 g/mol. The topological polar surface area (TPSA) is 6.48 Å². The molecule has 1 aliphatic heterocycles. The highest BCUT2D eigenvalue weighted by Gasteiger charge is 2.44. The van der Waals surface area contributed by atoms with Gasteiger partial charge in [0.05, 0.1) is 6.04 Å². The Kier molecular flexibility index (Phi) is 6.58. The van der Waals surface area contributed by atoms with Crippen molar-refractivity contribution >= 4 is 7.85 Å². The maximum Gasteiger partial charge on any atom is 0.114 e. The molecule has 134 valence electrons. The average molecular weight is 324 g/mol. The summed E-state index contributed by atoms with van der Waals surface area (Å²) in [7, 11) is 4.52. The van der Waals surface area contributed by atoms with Crippen LogP contribution in [0.15, 0.2) is 0 Å². The summed E-state index contributed by atoms with van der Waals surface area (Å²) in [6, 6.07) is 0.950. The molecule has 0 radical (unpaired) electrons. The molecule has 0 aromatic heterocycles. The van der Waals surface area contributed by atoms with Crippen LogP contribution >= 0.6 is 0 Å². The molecule has 1 saturated carbocycles. The number of alkyl halides is 1. The second kappa shape index (κ2) is 7.86. The number of rotatable bonds is 5. The molecule has 2 fully saturated rings. The van der Waals surface area contributed by atoms with E-state index in [-0.39, 0.29) is 6.04 Å². The fourth-order valence-electron chi connectivity index (χ4n) is 4.95. The molecule has 0 N–H and O–H groups in total. The lowest BCUT2D eigenvalue weighted by atomic mass is 9.68. The number of nitrogens with zero attached hydrogens (tertiary/aromatic N) is 2. The van der Waals surface area contributed by atoms with Crippen LogP contribution in [0.25, 0.3) is 0 Å². The fourth-order valence-corrected chi connectivity index (χ4v) is 4.95. The number of hydrogen-bond donors (Lipinski definition) is 0. The van der Waals surface area contributed by atoms with Gasteiger partial charge in [0, 0.05) is 19.1 Å². The molecule has 0 spiro atoms. The van der Waals surface area contributed by atoms with E-state index in [0.717, 1.165) is 18.2 Å². The van der Waals surface area contributed by atoms with Crippen molar-refractivity contribution in [3.63, 3.8) is 0 Å². The first-order valence-corrected chi connectivity index (χ1v) is 9.89. The smallest absolute Gasteiger partial charge is 0.114 e. The third kappa shape index (κ3) is 4.12. The molecular weight excluding hydrogens is 286 g/mol. The van der Waals surface area contributed by atoms with Crippen molar-refractivity contribution in [3.05, 3.63) is 0 Å². The van der Waals surface area contributed by atoms with Crippen LogP contribution in [0, 0.1) is 17.8 Å². The second-order valence-electron chi connectivity index (χ2n) is 8.77. The summed E-state index contributed by atoms with van der Waals surface area (Å²) >= 11 is 0. The average Bonchev–Trinajstić information content (AvgIpc) is 2.69. The summed E-state index contributed by atoms with van der Waals surface area (Å²) in [6.07, 6.45) is 5.62. The zero-order valence-electron chi connectivity index (χ0n) is 16.4. The molecular formula is C19H38BFN2. The summed E-state index contributed by atoms with van der Waals surface area (Å²) in [4.78, 5) is 0. The molecule has 23 heavy (non-hydrogen) atoms. The minimum Gasteiger partial charge on any atom is -0.246 e. The van der Waals surface area contributed by atoms with Crippen LogP contribution in [0.3, 0.4) is 0 Å². The maximum absolute atomic E-state index is 14.5. The van der Waals surface area contributed by atoms with Gasteiger partial charge in [0.15, 0.2) is 0 Å². The van der Waals surface area contributed by atoms with Gasteiger partial charge in [0.25, 0.3) is 0 Å². The molecule has 2 aliphatic rings. The van der Waals surface area contributed by atoms with E-state index >= 15 is 0 Å². The zero-order valence-corrected chi connectivity index (χ0v) is 16.4. The summed E-state index contributed by atoms with van der Waals surface area (Å²) in [5.74, 6) is 2.90. The van der Waals surface area contributed by atoms with Crippen LogP contribution in [0.1, 0.15) is 66.7 Å². The van der Waals surface area contributed by atoms with Crippen LogP contribution in [-0.2, 0) is 0 Å². The van der Waals surface area contributed by atoms with Crippen molar-refractivity contribution in [2.45, 2.75) is 96.8 Å². The van der Waals surface area contributed by atoms with E-state index in [0.29, 0.717) is 23.9 Å². The third-order valence-corrected chi connectivity index (χ3v) is 7.24. The third-order valence-electron chi connectivity index (χ3n) is 7.24. The predicted octanol–water partition coefficient (Wildman–Crippen LogP) is 3.93. The molecule has 1 aliphatic carbocycles. The highest BCUT2D eigenvalue weighted by Crippen LogP contribution is 2.39. The highest BCUT2D eigenvalue weighted by molar-refractivity contribution is 6.11. The normalized spacial score (nSPS) is 40.9. The van der Waals surface area contributed by atoms with Crippen LogP contribution in [0.4, 0.5) is 4.39 Å². The van der Waals surface area contributed by atoms with Crippen molar-refractivity contribution in [1.82, 2.24) is 10.0 Å². The van der Waals surface area contributed by atoms with Gasteiger partial charge < -0.3 is 0 Å². The number of halogens is 1. The van der Waals surface area contributed by atoms with Gasteiger partial charge in [0.2, 0.25) is 0 Å². The molecule has 0 amide bonds. The van der Waals surface area contributed by atoms with E-state index in [1.165, 1.54) is 25.7 Å². The van der Waals surface area contributed by atoms with Crippen molar-refractivity contribution in [1.29, 1.82) is 0 Å². The summed E-state index contributed by atoms with van der Waals surface area (Å²) in [5.41, 5.74) is 0. The highest BCUT2D eigenvalue weighted by atomic mass is 19.1. The quantitative estimate of drug-likeness (QED) is 0.707. The molecule has 0 aromatic rings. The van der Waals surface area contributed by atoms with Crippen LogP contribution < -0.4 is 0 Å². The van der Waals surface area contributed by atoms with Crippen molar-refractivity contribution in [2.75, 3.05) is 7.05 Å². The molecule has 6 unspecified atom stereocenters. The van der Waals surface area contributed by atoms with Crippen molar-refractivity contribution in [2.24, 2.45) is 17.8 Å². The molecule has 6 atom stereocenters. The lowest BCUT2D eigenvalue weighted by molar-refractivity contribution is -0.0681. The van der Waals surface area contributed by atoms with E-state index < -0.39 is 6.17 Å². The Labute approximate surface area is 144 Å². The zero-order chi connectivity index (χ0) is 17.3. The molecule has 4 heteroatoms. The first-order valence-electron chi connectivity index (χ1n) is 9.89. The van der Waals surface area contributed by atoms with Crippen LogP contribution in [0.2, 0.25) is 5.82 Å². The van der Waals surface area contributed by atoms with Gasteiger partial charge in [-0.2, -0.15) is 0 Å². The Balaban J connectivity index is 2.04. The van der Waals surface area contributed by atoms with E-state index in [1.54, 1.807) is 6.92 Å². The molecule has 2 nitrogen and oxygen atoms in total. The second-order valence-corrected chi connectivity index (χ2v) is 8.77. The first-order chi connectivity index (χ1) is 10.7. The van der Waals surface area contributed by atoms with Crippen molar-refractivity contribution in [3.8, 4) is 0 Å². The molecule has 0 aromatic carbocycles. The predicted molar refractivity (Wildman–Crippen MR) is 100 cm³/mol. The number of hydrogen-bond acceptors (Lipinski definition) is 2. The van der Waals surface area contributed by atoms with Gasteiger partial charge in [-0.05, 0) is 44.9 Å². The Morgan fingerprint density at radius 2 is 1.61 bits per heavy atom. The Bertz CT molecular complexity index is 356. The van der Waals surface area contributed by atoms with Crippen LogP contribution in [-0.4, -0.2) is 49.2 Å². The largest absolute Gasteiger partial charge is 0.246 e. The van der Waals surface area contributed by atoms with Gasteiger partial charge in [-0.25, -0.2) is 14.4 Å². The minimum absolute atomic E-state index is 0.0248. The summed E-state index contributed by atoms with van der Waals surface area (Å²) < 4.78 is 14.5. The molecule has 2 rings (SSSR count). The van der Waals surface area contributed by atoms with Crippen LogP contribution in [0.5, 0.6) is 0 Å². The van der Waals surface area contributed by atoms with Gasteiger partial charge >= 0.3 is 0 Å². The van der Waals surface area contributed by atoms with Gasteiger partial charge in [-0.15, -0.1) is 0 Å². The fraction of sp³-hybridized carbons (Fsp3) is 1.00. The Morgan fingerprint density at radius 1 is 1.04 bits per heavy atom. The van der Waals surface area contributed by atoms with Crippen molar-refractivity contribution < 1.29 is 4.39 Å². The lowest BCUT2D eigenvalue weighted by Crippen LogP contribution is -2.51. The van der Waals surface area contributed by atoms with E-state index in [2.05, 4.69) is 52.6 Å². The van der Waals surface area contributed by atoms with Gasteiger partial charge in [-0.1, -0.05) is 45.3 Å². The summed E-state index contributed by atoms with van der Waals surface area (Å²) in [6.45, 7) is 11.0. The summed E-state index contributed by atoms with van der Waals surface area (Å²) in [5, 5.41) is 4.67. The first kappa shape index (κ1) is 19.2. The van der Waals surface area contributed by atoms with Gasteiger partial charge in [0.1, 0.15) is 14.0 Å². The van der Waals surface area contributed by atoms with E-state index in [9.17, 15) is 4.39 Å². The Morgan fingerprint density at radius 3 is 2.04 bits per heavy atom. The molecule has 1 heterocycles. The maximum atomic E-state index is 14.5. The number of hydrazine groups is 1. The van der Waals surface area contributed by atoms with E-state index in [4.69, 9.17) is 0 Å². The van der Waals surface area contributed by atoms with E-state index in [1.807, 2.05) is 0 Å². The molecule has 1 saturated heterocycles. The Hall–Kier alpha value is -0.0851. The standard InChI is InChI=1S/C19H38BFN2/c1-12(17-7-9-18(20)10-8-17)11-19(14(3)21)23-16(5)13(2)15(4)22(23)6/h12-19H,7-11,20H2,1-6H3. The SMILES string of the molecule is BC1CCC(C(C)CC(C(C)F)N2C(C)C(C)C(C)N2C)CC1. The lowest BCUT2D eigenvalue weighted by Gasteiger charge is -2.41. The minimum atomic E-state index is -0.776. The van der Waals surface area contributed by atoms with Gasteiger partial charge in [-0.3, -0.25) is 0 Å². The molecule has 0 bridgehead atoms.